The van der Waals surface area contributed by atoms with Crippen molar-refractivity contribution in [3.8, 4) is 11.4 Å². The zero-order valence-corrected chi connectivity index (χ0v) is 13.4. The molecule has 122 valence electrons. The van der Waals surface area contributed by atoms with Crippen molar-refractivity contribution in [3.05, 3.63) is 69.1 Å². The highest BCUT2D eigenvalue weighted by atomic mass is 35.5. The zero-order chi connectivity index (χ0) is 17.1. The highest BCUT2D eigenvalue weighted by Crippen LogP contribution is 2.23. The van der Waals surface area contributed by atoms with Crippen molar-refractivity contribution in [2.45, 2.75) is 13.5 Å². The van der Waals surface area contributed by atoms with Crippen molar-refractivity contribution >= 4 is 23.0 Å². The molecule has 0 aliphatic rings. The molecule has 1 N–H and O–H groups in total. The first kappa shape index (κ1) is 15.9. The normalized spacial score (nSPS) is 10.6. The number of aryl methyl sites for hydroxylation is 1. The number of halogens is 1. The Kier molecular flexibility index (Phi) is 4.43. The Bertz CT molecular complexity index is 895. The number of aromatic nitrogens is 2. The lowest BCUT2D eigenvalue weighted by Crippen LogP contribution is -2.01. The first-order valence-corrected chi connectivity index (χ1v) is 7.48. The van der Waals surface area contributed by atoms with E-state index in [9.17, 15) is 10.1 Å². The molecule has 24 heavy (non-hydrogen) atoms. The number of nitro groups is 1. The predicted octanol–water partition coefficient (Wildman–Crippen LogP) is 4.22. The van der Waals surface area contributed by atoms with Gasteiger partial charge in [0.1, 0.15) is 0 Å². The molecule has 3 aromatic rings. The summed E-state index contributed by atoms with van der Waals surface area (Å²) in [6, 6.07) is 12.0. The lowest BCUT2D eigenvalue weighted by molar-refractivity contribution is -0.385. The van der Waals surface area contributed by atoms with Crippen molar-refractivity contribution in [2.75, 3.05) is 5.32 Å². The summed E-state index contributed by atoms with van der Waals surface area (Å²) in [4.78, 5) is 14.7. The zero-order valence-electron chi connectivity index (χ0n) is 12.7. The van der Waals surface area contributed by atoms with Crippen LogP contribution >= 0.6 is 11.6 Å². The first-order valence-electron chi connectivity index (χ1n) is 7.10. The minimum absolute atomic E-state index is 0.0848. The van der Waals surface area contributed by atoms with E-state index >= 15 is 0 Å². The third-order valence-electron chi connectivity index (χ3n) is 3.39. The van der Waals surface area contributed by atoms with Gasteiger partial charge in [0.25, 0.3) is 5.69 Å². The van der Waals surface area contributed by atoms with Crippen LogP contribution in [0, 0.1) is 17.0 Å². The van der Waals surface area contributed by atoms with Crippen LogP contribution in [0.3, 0.4) is 0 Å². The largest absolute Gasteiger partial charge is 0.376 e. The minimum Gasteiger partial charge on any atom is -0.376 e. The number of nitrogens with zero attached hydrogens (tertiary/aromatic N) is 3. The number of hydrogen-bond donors (Lipinski definition) is 1. The van der Waals surface area contributed by atoms with E-state index in [0.717, 1.165) is 11.3 Å². The van der Waals surface area contributed by atoms with Crippen LogP contribution in [0.1, 0.15) is 11.5 Å². The van der Waals surface area contributed by atoms with Crippen LogP contribution in [0.5, 0.6) is 0 Å². The fraction of sp³-hybridized carbons (Fsp3) is 0.125. The van der Waals surface area contributed by atoms with E-state index in [1.807, 2.05) is 12.1 Å². The second kappa shape index (κ2) is 6.67. The third-order valence-corrected chi connectivity index (χ3v) is 3.62. The molecule has 7 nitrogen and oxygen atoms in total. The van der Waals surface area contributed by atoms with Gasteiger partial charge in [0.05, 0.1) is 11.5 Å². The molecule has 0 fully saturated rings. The summed E-state index contributed by atoms with van der Waals surface area (Å²) in [6.07, 6.45) is 0. The monoisotopic (exact) mass is 344 g/mol. The first-order chi connectivity index (χ1) is 11.5. The fourth-order valence-electron chi connectivity index (χ4n) is 2.22. The second-order valence-electron chi connectivity index (χ2n) is 5.13. The molecule has 0 aliphatic heterocycles. The van der Waals surface area contributed by atoms with E-state index in [4.69, 9.17) is 16.1 Å². The third kappa shape index (κ3) is 3.52. The Balaban J connectivity index is 1.70. The maximum Gasteiger partial charge on any atom is 0.272 e. The molecule has 2 aromatic carbocycles. The summed E-state index contributed by atoms with van der Waals surface area (Å²) in [5, 5.41) is 18.4. The molecule has 0 atom stereocenters. The van der Waals surface area contributed by atoms with Gasteiger partial charge in [-0.25, -0.2) is 0 Å². The molecule has 0 saturated heterocycles. The summed E-state index contributed by atoms with van der Waals surface area (Å²) in [7, 11) is 0. The number of nitrogens with one attached hydrogen (secondary N) is 1. The number of nitro benzene ring substituents is 1. The Hall–Kier alpha value is -2.93. The molecule has 8 heteroatoms. The number of anilines is 1. The van der Waals surface area contributed by atoms with Crippen molar-refractivity contribution in [2.24, 2.45) is 0 Å². The van der Waals surface area contributed by atoms with Gasteiger partial charge in [-0.3, -0.25) is 10.1 Å². The molecular formula is C16H13ClN4O3. The minimum atomic E-state index is -0.408. The van der Waals surface area contributed by atoms with E-state index in [1.165, 1.54) is 6.07 Å². The molecule has 0 amide bonds. The second-order valence-corrected chi connectivity index (χ2v) is 5.57. The summed E-state index contributed by atoms with van der Waals surface area (Å²) >= 11 is 5.95. The molecule has 1 aromatic heterocycles. The maximum absolute atomic E-state index is 10.8. The molecule has 0 unspecified atom stereocenters. The van der Waals surface area contributed by atoms with Crippen LogP contribution in [0.4, 0.5) is 11.4 Å². The van der Waals surface area contributed by atoms with Crippen LogP contribution in [0.2, 0.25) is 5.02 Å². The Labute approximate surface area is 142 Å². The van der Waals surface area contributed by atoms with E-state index < -0.39 is 4.92 Å². The van der Waals surface area contributed by atoms with Crippen LogP contribution in [0.15, 0.2) is 47.0 Å². The standard InChI is InChI=1S/C16H13ClN4O3/c1-10-7-13(5-6-14(10)21(22)23)18-9-15-19-16(20-24-15)11-3-2-4-12(17)8-11/h2-8,18H,9H2,1H3. The fourth-order valence-corrected chi connectivity index (χ4v) is 2.41. The van der Waals surface area contributed by atoms with Crippen molar-refractivity contribution in [1.29, 1.82) is 0 Å². The van der Waals surface area contributed by atoms with Crippen LogP contribution in [-0.2, 0) is 6.54 Å². The molecule has 0 aliphatic carbocycles. The van der Waals surface area contributed by atoms with Gasteiger partial charge in [0.2, 0.25) is 11.7 Å². The van der Waals surface area contributed by atoms with Gasteiger partial charge in [-0.15, -0.1) is 0 Å². The molecule has 0 saturated carbocycles. The molecular weight excluding hydrogens is 332 g/mol. The van der Waals surface area contributed by atoms with Crippen LogP contribution < -0.4 is 5.32 Å². The molecule has 1 heterocycles. The Morgan fingerprint density at radius 1 is 1.29 bits per heavy atom. The van der Waals surface area contributed by atoms with E-state index in [-0.39, 0.29) is 5.69 Å². The van der Waals surface area contributed by atoms with Gasteiger partial charge in [-0.05, 0) is 31.2 Å². The lowest BCUT2D eigenvalue weighted by Gasteiger charge is -2.04. The van der Waals surface area contributed by atoms with Crippen LogP contribution in [-0.4, -0.2) is 15.1 Å². The van der Waals surface area contributed by atoms with Gasteiger partial charge in [0, 0.05) is 27.9 Å². The highest BCUT2D eigenvalue weighted by molar-refractivity contribution is 6.30. The molecule has 0 bridgehead atoms. The Morgan fingerprint density at radius 2 is 2.12 bits per heavy atom. The van der Waals surface area contributed by atoms with Crippen molar-refractivity contribution in [3.63, 3.8) is 0 Å². The average Bonchev–Trinajstić information content (AvgIpc) is 3.01. The van der Waals surface area contributed by atoms with Crippen molar-refractivity contribution in [1.82, 2.24) is 10.1 Å². The van der Waals surface area contributed by atoms with Gasteiger partial charge in [0.15, 0.2) is 0 Å². The lowest BCUT2D eigenvalue weighted by atomic mass is 10.2. The van der Waals surface area contributed by atoms with Gasteiger partial charge in [-0.1, -0.05) is 28.9 Å². The highest BCUT2D eigenvalue weighted by Gasteiger charge is 2.12. The number of benzene rings is 2. The summed E-state index contributed by atoms with van der Waals surface area (Å²) in [5.74, 6) is 0.857. The summed E-state index contributed by atoms with van der Waals surface area (Å²) in [6.45, 7) is 2.00. The van der Waals surface area contributed by atoms with Crippen LogP contribution in [0.25, 0.3) is 11.4 Å². The Morgan fingerprint density at radius 3 is 2.83 bits per heavy atom. The predicted molar refractivity (Wildman–Crippen MR) is 89.9 cm³/mol. The van der Waals surface area contributed by atoms with Gasteiger partial charge < -0.3 is 9.84 Å². The van der Waals surface area contributed by atoms with Gasteiger partial charge in [-0.2, -0.15) is 4.98 Å². The number of rotatable bonds is 5. The summed E-state index contributed by atoms with van der Waals surface area (Å²) in [5.41, 5.74) is 2.17. The van der Waals surface area contributed by atoms with E-state index in [1.54, 1.807) is 31.2 Å². The molecule has 0 radical (unpaired) electrons. The SMILES string of the molecule is Cc1cc(NCc2nc(-c3cccc(Cl)c3)no2)ccc1[N+](=O)[O-]. The smallest absolute Gasteiger partial charge is 0.272 e. The molecule has 0 spiro atoms. The average molecular weight is 345 g/mol. The topological polar surface area (TPSA) is 94.1 Å². The maximum atomic E-state index is 10.8. The molecule has 3 rings (SSSR count). The number of hydrogen-bond acceptors (Lipinski definition) is 6. The summed E-state index contributed by atoms with van der Waals surface area (Å²) < 4.78 is 5.20. The van der Waals surface area contributed by atoms with E-state index in [0.29, 0.717) is 28.8 Å². The quantitative estimate of drug-likeness (QED) is 0.550. The van der Waals surface area contributed by atoms with E-state index in [2.05, 4.69) is 15.5 Å². The van der Waals surface area contributed by atoms with Gasteiger partial charge >= 0.3 is 0 Å². The van der Waals surface area contributed by atoms with Crippen molar-refractivity contribution < 1.29 is 9.45 Å².